The largest absolute Gasteiger partial charge is 0.391 e. The molecule has 4 heteroatoms. The molecule has 1 aromatic rings. The predicted octanol–water partition coefficient (Wildman–Crippen LogP) is 1.70. The molecule has 1 aromatic heterocycles. The van der Waals surface area contributed by atoms with E-state index in [1.54, 1.807) is 0 Å². The van der Waals surface area contributed by atoms with Crippen LogP contribution in [0, 0.1) is 6.92 Å². The van der Waals surface area contributed by atoms with E-state index in [9.17, 15) is 5.11 Å². The highest BCUT2D eigenvalue weighted by Gasteiger charge is 2.35. The van der Waals surface area contributed by atoms with E-state index in [2.05, 4.69) is 28.2 Å². The Bertz CT molecular complexity index is 398. The van der Waals surface area contributed by atoms with Crippen LogP contribution in [0.15, 0.2) is 11.4 Å². The smallest absolute Gasteiger partial charge is 0.0696 e. The van der Waals surface area contributed by atoms with Crippen molar-refractivity contribution < 1.29 is 5.11 Å². The molecule has 3 nitrogen and oxygen atoms in total. The summed E-state index contributed by atoms with van der Waals surface area (Å²) in [6.07, 6.45) is 2.13. The van der Waals surface area contributed by atoms with Gasteiger partial charge in [0, 0.05) is 43.6 Å². The van der Waals surface area contributed by atoms with Gasteiger partial charge in [-0.05, 0) is 36.8 Å². The summed E-state index contributed by atoms with van der Waals surface area (Å²) in [6.45, 7) is 7.82. The summed E-state index contributed by atoms with van der Waals surface area (Å²) >= 11 is 1.87. The molecule has 100 valence electrons. The van der Waals surface area contributed by atoms with Crippen LogP contribution in [0.25, 0.3) is 0 Å². The Labute approximate surface area is 113 Å². The second-order valence-electron chi connectivity index (χ2n) is 5.55. The first-order valence-electron chi connectivity index (χ1n) is 6.91. The van der Waals surface area contributed by atoms with Crippen LogP contribution in [0.5, 0.6) is 0 Å². The van der Waals surface area contributed by atoms with Crippen molar-refractivity contribution in [1.82, 2.24) is 9.80 Å². The Hall–Kier alpha value is -0.420. The minimum Gasteiger partial charge on any atom is -0.391 e. The average molecular weight is 266 g/mol. The zero-order valence-corrected chi connectivity index (χ0v) is 11.8. The molecule has 2 atom stereocenters. The number of aryl methyl sites for hydroxylation is 1. The van der Waals surface area contributed by atoms with Crippen molar-refractivity contribution in [2.75, 3.05) is 26.2 Å². The molecule has 0 radical (unpaired) electrons. The third kappa shape index (κ3) is 2.48. The number of rotatable bonds is 3. The van der Waals surface area contributed by atoms with Gasteiger partial charge in [0.1, 0.15) is 0 Å². The van der Waals surface area contributed by atoms with Crippen molar-refractivity contribution >= 4 is 11.3 Å². The van der Waals surface area contributed by atoms with Gasteiger partial charge in [0.05, 0.1) is 6.10 Å². The van der Waals surface area contributed by atoms with E-state index in [1.807, 2.05) is 11.3 Å². The van der Waals surface area contributed by atoms with Crippen LogP contribution in [0.3, 0.4) is 0 Å². The molecule has 1 N–H and O–H groups in total. The molecule has 0 bridgehead atoms. The van der Waals surface area contributed by atoms with Crippen LogP contribution in [-0.2, 0) is 6.54 Å². The normalized spacial score (nSPS) is 30.3. The monoisotopic (exact) mass is 266 g/mol. The lowest BCUT2D eigenvalue weighted by atomic mass is 9.87. The lowest BCUT2D eigenvalue weighted by Gasteiger charge is -2.45. The third-order valence-electron chi connectivity index (χ3n) is 4.41. The van der Waals surface area contributed by atoms with Crippen molar-refractivity contribution in [3.05, 3.63) is 21.9 Å². The molecule has 18 heavy (non-hydrogen) atoms. The Morgan fingerprint density at radius 3 is 2.56 bits per heavy atom. The lowest BCUT2D eigenvalue weighted by molar-refractivity contribution is -0.0396. The first-order chi connectivity index (χ1) is 8.74. The van der Waals surface area contributed by atoms with Gasteiger partial charge in [-0.15, -0.1) is 11.3 Å². The van der Waals surface area contributed by atoms with Crippen molar-refractivity contribution in [2.45, 2.75) is 38.5 Å². The predicted molar refractivity (Wildman–Crippen MR) is 74.9 cm³/mol. The SMILES string of the molecule is Cc1ccsc1CN1CCN(C2CCC2O)CC1. The fraction of sp³-hybridized carbons (Fsp3) is 0.714. The topological polar surface area (TPSA) is 26.7 Å². The van der Waals surface area contributed by atoms with Gasteiger partial charge in [0.2, 0.25) is 0 Å². The van der Waals surface area contributed by atoms with Gasteiger partial charge in [-0.2, -0.15) is 0 Å². The minimum absolute atomic E-state index is 0.0592. The number of aliphatic hydroxyl groups is 1. The summed E-state index contributed by atoms with van der Waals surface area (Å²) < 4.78 is 0. The average Bonchev–Trinajstić information content (AvgIpc) is 2.76. The van der Waals surface area contributed by atoms with Gasteiger partial charge in [-0.3, -0.25) is 9.80 Å². The zero-order valence-electron chi connectivity index (χ0n) is 11.0. The highest BCUT2D eigenvalue weighted by atomic mass is 32.1. The zero-order chi connectivity index (χ0) is 12.5. The third-order valence-corrected chi connectivity index (χ3v) is 5.42. The van der Waals surface area contributed by atoms with E-state index < -0.39 is 0 Å². The highest BCUT2D eigenvalue weighted by Crippen LogP contribution is 2.27. The maximum absolute atomic E-state index is 9.72. The number of nitrogens with zero attached hydrogens (tertiary/aromatic N) is 2. The van der Waals surface area contributed by atoms with Gasteiger partial charge in [-0.1, -0.05) is 0 Å². The van der Waals surface area contributed by atoms with Crippen molar-refractivity contribution in [2.24, 2.45) is 0 Å². The number of aliphatic hydroxyl groups excluding tert-OH is 1. The quantitative estimate of drug-likeness (QED) is 0.902. The van der Waals surface area contributed by atoms with Gasteiger partial charge in [0.25, 0.3) is 0 Å². The fourth-order valence-electron chi connectivity index (χ4n) is 2.91. The van der Waals surface area contributed by atoms with Gasteiger partial charge < -0.3 is 5.11 Å². The van der Waals surface area contributed by atoms with E-state index >= 15 is 0 Å². The standard InChI is InChI=1S/C14H22N2OS/c1-11-4-9-18-14(11)10-15-5-7-16(8-6-15)12-2-3-13(12)17/h4,9,12-13,17H,2-3,5-8,10H2,1H3. The van der Waals surface area contributed by atoms with Gasteiger partial charge in [0.15, 0.2) is 0 Å². The van der Waals surface area contributed by atoms with Crippen LogP contribution < -0.4 is 0 Å². The second kappa shape index (κ2) is 5.29. The summed E-state index contributed by atoms with van der Waals surface area (Å²) in [4.78, 5) is 6.53. The molecule has 2 fully saturated rings. The van der Waals surface area contributed by atoms with Crippen LogP contribution in [-0.4, -0.2) is 53.2 Å². The molecule has 1 aliphatic carbocycles. The molecule has 0 aromatic carbocycles. The fourth-order valence-corrected chi connectivity index (χ4v) is 3.86. The van der Waals surface area contributed by atoms with Crippen LogP contribution in [0.1, 0.15) is 23.3 Å². The van der Waals surface area contributed by atoms with Crippen LogP contribution in [0.4, 0.5) is 0 Å². The number of hydrogen-bond donors (Lipinski definition) is 1. The summed E-state index contributed by atoms with van der Waals surface area (Å²) in [7, 11) is 0. The molecular weight excluding hydrogens is 244 g/mol. The first kappa shape index (κ1) is 12.6. The van der Waals surface area contributed by atoms with Crippen LogP contribution in [0.2, 0.25) is 0 Å². The molecule has 2 unspecified atom stereocenters. The van der Waals surface area contributed by atoms with E-state index in [1.165, 1.54) is 16.9 Å². The number of hydrogen-bond acceptors (Lipinski definition) is 4. The molecule has 2 heterocycles. The molecule has 1 saturated heterocycles. The van der Waals surface area contributed by atoms with Gasteiger partial charge >= 0.3 is 0 Å². The summed E-state index contributed by atoms with van der Waals surface area (Å²) in [5.41, 5.74) is 1.43. The van der Waals surface area contributed by atoms with Crippen molar-refractivity contribution in [1.29, 1.82) is 0 Å². The summed E-state index contributed by atoms with van der Waals surface area (Å²) in [5.74, 6) is 0. The lowest BCUT2D eigenvalue weighted by Crippen LogP contribution is -2.57. The van der Waals surface area contributed by atoms with Crippen LogP contribution >= 0.6 is 11.3 Å². The van der Waals surface area contributed by atoms with Crippen molar-refractivity contribution in [3.63, 3.8) is 0 Å². The molecule has 3 rings (SSSR count). The second-order valence-corrected chi connectivity index (χ2v) is 6.55. The van der Waals surface area contributed by atoms with E-state index in [-0.39, 0.29) is 6.10 Å². The molecular formula is C14H22N2OS. The Balaban J connectivity index is 1.49. The van der Waals surface area contributed by atoms with E-state index in [0.29, 0.717) is 6.04 Å². The highest BCUT2D eigenvalue weighted by molar-refractivity contribution is 7.10. The van der Waals surface area contributed by atoms with E-state index in [4.69, 9.17) is 0 Å². The Kier molecular flexibility index (Phi) is 3.71. The van der Waals surface area contributed by atoms with E-state index in [0.717, 1.165) is 39.1 Å². The molecule has 0 amide bonds. The Morgan fingerprint density at radius 2 is 2.06 bits per heavy atom. The molecule has 0 spiro atoms. The molecule has 2 aliphatic rings. The number of thiophene rings is 1. The van der Waals surface area contributed by atoms with Crippen molar-refractivity contribution in [3.8, 4) is 0 Å². The first-order valence-corrected chi connectivity index (χ1v) is 7.79. The summed E-state index contributed by atoms with van der Waals surface area (Å²) in [6, 6.07) is 2.66. The minimum atomic E-state index is -0.0592. The van der Waals surface area contributed by atoms with Gasteiger partial charge in [-0.25, -0.2) is 0 Å². The maximum atomic E-state index is 9.72. The Morgan fingerprint density at radius 1 is 1.28 bits per heavy atom. The maximum Gasteiger partial charge on any atom is 0.0696 e. The molecule has 1 saturated carbocycles. The number of piperazine rings is 1. The molecule has 1 aliphatic heterocycles. The summed E-state index contributed by atoms with van der Waals surface area (Å²) in [5, 5.41) is 11.9.